The van der Waals surface area contributed by atoms with Crippen LogP contribution >= 0.6 is 0 Å². The van der Waals surface area contributed by atoms with Crippen LogP contribution in [0.25, 0.3) is 0 Å². The van der Waals surface area contributed by atoms with E-state index < -0.39 is 0 Å². The maximum absolute atomic E-state index is 12.4. The summed E-state index contributed by atoms with van der Waals surface area (Å²) in [6.07, 6.45) is 5.22. The second-order valence-electron chi connectivity index (χ2n) is 7.06. The van der Waals surface area contributed by atoms with Crippen LogP contribution in [0.4, 0.5) is 4.79 Å². The Bertz CT molecular complexity index is 531. The molecule has 1 saturated carbocycles. The fourth-order valence-corrected chi connectivity index (χ4v) is 4.60. The van der Waals surface area contributed by atoms with Crippen LogP contribution in [0.2, 0.25) is 0 Å². The van der Waals surface area contributed by atoms with Crippen molar-refractivity contribution < 1.29 is 14.3 Å². The number of benzene rings is 1. The van der Waals surface area contributed by atoms with E-state index in [4.69, 9.17) is 9.47 Å². The summed E-state index contributed by atoms with van der Waals surface area (Å²) in [6.45, 7) is 4.08. The Hall–Kier alpha value is -1.55. The number of rotatable bonds is 5. The van der Waals surface area contributed by atoms with Gasteiger partial charge in [0.05, 0.1) is 6.61 Å². The summed E-state index contributed by atoms with van der Waals surface area (Å²) in [4.78, 5) is 14.3. The first kappa shape index (κ1) is 17.3. The van der Waals surface area contributed by atoms with Gasteiger partial charge in [0.25, 0.3) is 0 Å². The second-order valence-corrected chi connectivity index (χ2v) is 7.06. The predicted molar refractivity (Wildman–Crippen MR) is 93.8 cm³/mol. The lowest BCUT2D eigenvalue weighted by Crippen LogP contribution is -2.60. The maximum Gasteiger partial charge on any atom is 0.409 e. The molecule has 3 rings (SSSR count). The SMILES string of the molecule is CCCCOC(=O)N1CC2CCCC(C1)C2(OC)c1ccccc1. The summed E-state index contributed by atoms with van der Waals surface area (Å²) in [7, 11) is 1.83. The number of amides is 1. The molecule has 1 aromatic carbocycles. The molecule has 24 heavy (non-hydrogen) atoms. The van der Waals surface area contributed by atoms with Crippen molar-refractivity contribution >= 4 is 6.09 Å². The molecule has 0 N–H and O–H groups in total. The molecule has 1 saturated heterocycles. The number of nitrogens with zero attached hydrogens (tertiary/aromatic N) is 1. The molecular formula is C20H29NO3. The summed E-state index contributed by atoms with van der Waals surface area (Å²) in [5, 5.41) is 0. The van der Waals surface area contributed by atoms with Gasteiger partial charge in [0.15, 0.2) is 0 Å². The van der Waals surface area contributed by atoms with Crippen molar-refractivity contribution in [2.24, 2.45) is 11.8 Å². The highest BCUT2D eigenvalue weighted by molar-refractivity contribution is 5.68. The molecule has 0 spiro atoms. The minimum atomic E-state index is -0.264. The van der Waals surface area contributed by atoms with Crippen LogP contribution < -0.4 is 0 Å². The first-order chi connectivity index (χ1) is 11.7. The molecule has 2 fully saturated rings. The Kier molecular flexibility index (Phi) is 5.44. The molecular weight excluding hydrogens is 302 g/mol. The fraction of sp³-hybridized carbons (Fsp3) is 0.650. The van der Waals surface area contributed by atoms with Crippen molar-refractivity contribution in [2.75, 3.05) is 26.8 Å². The molecule has 0 aromatic heterocycles. The van der Waals surface area contributed by atoms with Crippen LogP contribution in [0.5, 0.6) is 0 Å². The molecule has 132 valence electrons. The number of hydrogen-bond acceptors (Lipinski definition) is 3. The molecule has 1 heterocycles. The fourth-order valence-electron chi connectivity index (χ4n) is 4.60. The average molecular weight is 331 g/mol. The van der Waals surface area contributed by atoms with Crippen molar-refractivity contribution in [1.29, 1.82) is 0 Å². The summed E-state index contributed by atoms with van der Waals surface area (Å²) in [6, 6.07) is 10.5. The van der Waals surface area contributed by atoms with Gasteiger partial charge in [-0.1, -0.05) is 50.1 Å². The van der Waals surface area contributed by atoms with Gasteiger partial charge in [0.1, 0.15) is 5.60 Å². The largest absolute Gasteiger partial charge is 0.449 e. The highest BCUT2D eigenvalue weighted by Gasteiger charge is 2.54. The van der Waals surface area contributed by atoms with E-state index in [2.05, 4.69) is 31.2 Å². The van der Waals surface area contributed by atoms with Gasteiger partial charge in [0.2, 0.25) is 0 Å². The van der Waals surface area contributed by atoms with Gasteiger partial charge < -0.3 is 14.4 Å². The van der Waals surface area contributed by atoms with E-state index in [1.807, 2.05) is 18.1 Å². The van der Waals surface area contributed by atoms with Gasteiger partial charge in [-0.2, -0.15) is 0 Å². The van der Waals surface area contributed by atoms with Gasteiger partial charge in [0, 0.05) is 32.0 Å². The van der Waals surface area contributed by atoms with Crippen molar-refractivity contribution in [2.45, 2.75) is 44.6 Å². The van der Waals surface area contributed by atoms with Gasteiger partial charge in [-0.25, -0.2) is 4.79 Å². The van der Waals surface area contributed by atoms with E-state index in [0.717, 1.165) is 38.8 Å². The number of ether oxygens (including phenoxy) is 2. The van der Waals surface area contributed by atoms with E-state index >= 15 is 0 Å². The van der Waals surface area contributed by atoms with Crippen LogP contribution in [0, 0.1) is 11.8 Å². The Labute approximate surface area is 145 Å². The normalized spacial score (nSPS) is 29.3. The molecule has 1 aromatic rings. The van der Waals surface area contributed by atoms with E-state index in [9.17, 15) is 4.79 Å². The number of methoxy groups -OCH3 is 1. The number of likely N-dealkylation sites (tertiary alicyclic amines) is 1. The standard InChI is InChI=1S/C20H29NO3/c1-3-4-13-24-19(22)21-14-17-11-8-12-18(15-21)20(17,23-2)16-9-6-5-7-10-16/h5-7,9-10,17-18H,3-4,8,11-15H2,1-2H3. The quantitative estimate of drug-likeness (QED) is 0.759. The lowest BCUT2D eigenvalue weighted by molar-refractivity contribution is -0.164. The predicted octanol–water partition coefficient (Wildman–Crippen LogP) is 4.20. The van der Waals surface area contributed by atoms with Gasteiger partial charge in [-0.15, -0.1) is 0 Å². The Morgan fingerprint density at radius 1 is 1.21 bits per heavy atom. The molecule has 1 amide bonds. The van der Waals surface area contributed by atoms with Crippen molar-refractivity contribution in [1.82, 2.24) is 4.90 Å². The van der Waals surface area contributed by atoms with Crippen LogP contribution in [0.3, 0.4) is 0 Å². The third-order valence-corrected chi connectivity index (χ3v) is 5.74. The highest BCUT2D eigenvalue weighted by Crippen LogP contribution is 2.51. The lowest BCUT2D eigenvalue weighted by atomic mass is 9.62. The smallest absolute Gasteiger partial charge is 0.409 e. The number of unbranched alkanes of at least 4 members (excludes halogenated alkanes) is 1. The number of carbonyl (C=O) groups is 1. The minimum absolute atomic E-state index is 0.155. The molecule has 2 bridgehead atoms. The summed E-state index contributed by atoms with van der Waals surface area (Å²) >= 11 is 0. The zero-order valence-corrected chi connectivity index (χ0v) is 14.9. The Balaban J connectivity index is 1.79. The van der Waals surface area contributed by atoms with E-state index in [-0.39, 0.29) is 11.7 Å². The average Bonchev–Trinajstić information content (AvgIpc) is 2.61. The maximum atomic E-state index is 12.4. The van der Waals surface area contributed by atoms with Gasteiger partial charge in [-0.3, -0.25) is 0 Å². The van der Waals surface area contributed by atoms with Crippen molar-refractivity contribution in [3.63, 3.8) is 0 Å². The highest BCUT2D eigenvalue weighted by atomic mass is 16.6. The van der Waals surface area contributed by atoms with E-state index in [0.29, 0.717) is 18.4 Å². The van der Waals surface area contributed by atoms with Gasteiger partial charge >= 0.3 is 6.09 Å². The molecule has 2 unspecified atom stereocenters. The molecule has 2 atom stereocenters. The first-order valence-corrected chi connectivity index (χ1v) is 9.24. The van der Waals surface area contributed by atoms with Crippen molar-refractivity contribution in [3.8, 4) is 0 Å². The number of piperidine rings is 1. The van der Waals surface area contributed by atoms with Crippen molar-refractivity contribution in [3.05, 3.63) is 35.9 Å². The summed E-state index contributed by atoms with van der Waals surface area (Å²) in [5.74, 6) is 0.659. The van der Waals surface area contributed by atoms with E-state index in [1.54, 1.807) is 0 Å². The topological polar surface area (TPSA) is 38.8 Å². The number of fused-ring (bicyclic) bond motifs is 2. The Morgan fingerprint density at radius 3 is 2.46 bits per heavy atom. The third kappa shape index (κ3) is 3.04. The van der Waals surface area contributed by atoms with Crippen LogP contribution in [0.15, 0.2) is 30.3 Å². The second kappa shape index (κ2) is 7.56. The van der Waals surface area contributed by atoms with E-state index in [1.165, 1.54) is 12.0 Å². The minimum Gasteiger partial charge on any atom is -0.449 e. The number of carbonyl (C=O) groups excluding carboxylic acids is 1. The molecule has 4 heteroatoms. The molecule has 4 nitrogen and oxygen atoms in total. The lowest BCUT2D eigenvalue weighted by Gasteiger charge is -2.55. The Morgan fingerprint density at radius 2 is 1.88 bits per heavy atom. The molecule has 2 aliphatic rings. The van der Waals surface area contributed by atoms with Crippen LogP contribution in [-0.2, 0) is 15.1 Å². The van der Waals surface area contributed by atoms with Crippen LogP contribution in [-0.4, -0.2) is 37.8 Å². The third-order valence-electron chi connectivity index (χ3n) is 5.74. The summed E-state index contributed by atoms with van der Waals surface area (Å²) < 4.78 is 11.6. The monoisotopic (exact) mass is 331 g/mol. The zero-order valence-electron chi connectivity index (χ0n) is 14.9. The van der Waals surface area contributed by atoms with Crippen LogP contribution in [0.1, 0.15) is 44.6 Å². The molecule has 0 radical (unpaired) electrons. The number of hydrogen-bond donors (Lipinski definition) is 0. The zero-order chi connectivity index (χ0) is 17.0. The molecule has 1 aliphatic carbocycles. The first-order valence-electron chi connectivity index (χ1n) is 9.24. The summed E-state index contributed by atoms with van der Waals surface area (Å²) in [5.41, 5.74) is 0.987. The van der Waals surface area contributed by atoms with Gasteiger partial charge in [-0.05, 0) is 24.8 Å². The molecule has 1 aliphatic heterocycles.